The summed E-state index contributed by atoms with van der Waals surface area (Å²) < 4.78 is 5.02. The lowest BCUT2D eigenvalue weighted by Gasteiger charge is -2.39. The van der Waals surface area contributed by atoms with Gasteiger partial charge in [-0.1, -0.05) is 34.4 Å². The van der Waals surface area contributed by atoms with E-state index < -0.39 is 0 Å². The summed E-state index contributed by atoms with van der Waals surface area (Å²) in [5.74, 6) is 0.811. The molecule has 1 aromatic heterocycles. The number of hydrogen-bond donors (Lipinski definition) is 1. The van der Waals surface area contributed by atoms with Crippen LogP contribution < -0.4 is 10.2 Å². The molecule has 0 radical (unpaired) electrons. The number of nitrogens with zero attached hydrogens (tertiary/aromatic N) is 3. The minimum absolute atomic E-state index is 0.162. The molecular weight excluding hydrogens is 411 g/mol. The molecule has 1 saturated carbocycles. The molecule has 0 spiro atoms. The quantitative estimate of drug-likeness (QED) is 0.740. The monoisotopic (exact) mass is 436 g/mol. The predicted octanol–water partition coefficient (Wildman–Crippen LogP) is 4.01. The number of anilines is 1. The predicted molar refractivity (Wildman–Crippen MR) is 115 cm³/mol. The van der Waals surface area contributed by atoms with E-state index in [4.69, 9.17) is 27.7 Å². The van der Waals surface area contributed by atoms with Gasteiger partial charge in [0.05, 0.1) is 21.4 Å². The van der Waals surface area contributed by atoms with E-state index >= 15 is 0 Å². The zero-order valence-corrected chi connectivity index (χ0v) is 18.0. The highest BCUT2D eigenvalue weighted by Crippen LogP contribution is 2.33. The summed E-state index contributed by atoms with van der Waals surface area (Å²) in [5, 5.41) is 8.04. The maximum atomic E-state index is 12.1. The van der Waals surface area contributed by atoms with Crippen LogP contribution in [0.15, 0.2) is 28.8 Å². The first kappa shape index (κ1) is 20.5. The molecule has 8 heteroatoms. The van der Waals surface area contributed by atoms with Gasteiger partial charge in [0.15, 0.2) is 0 Å². The summed E-state index contributed by atoms with van der Waals surface area (Å²) >= 11 is 12.5. The number of benzene rings is 1. The standard InChI is InChI=1S/C21H26Cl2N4O2/c1-14-11-19(29-25-14)21(28)24-16-12-15(13-16)5-6-26-7-9-27(10-8-26)18-4-2-3-17(22)20(18)23/h2-4,11,15-16H,5-10,12-13H2,1H3,(H,24,28)/t15-,16-. The van der Waals surface area contributed by atoms with Crippen LogP contribution in [0.2, 0.25) is 10.0 Å². The summed E-state index contributed by atoms with van der Waals surface area (Å²) in [5.41, 5.74) is 1.75. The van der Waals surface area contributed by atoms with Crippen LogP contribution in [0.25, 0.3) is 0 Å². The Morgan fingerprint density at radius 2 is 2.00 bits per heavy atom. The lowest BCUT2D eigenvalue weighted by Crippen LogP contribution is -2.48. The molecule has 1 saturated heterocycles. The van der Waals surface area contributed by atoms with Gasteiger partial charge >= 0.3 is 0 Å². The summed E-state index contributed by atoms with van der Waals surface area (Å²) in [6.45, 7) is 6.88. The van der Waals surface area contributed by atoms with Crippen LogP contribution in [0.5, 0.6) is 0 Å². The van der Waals surface area contributed by atoms with Gasteiger partial charge in [0.25, 0.3) is 5.91 Å². The lowest BCUT2D eigenvalue weighted by atomic mass is 9.78. The molecule has 0 atom stereocenters. The normalized spacial score (nSPS) is 22.4. The molecule has 1 aliphatic heterocycles. The number of rotatable bonds is 6. The average molecular weight is 437 g/mol. The molecule has 0 bridgehead atoms. The van der Waals surface area contributed by atoms with Gasteiger partial charge in [0, 0.05) is 38.3 Å². The Hall–Kier alpha value is -1.76. The van der Waals surface area contributed by atoms with Crippen LogP contribution in [0.4, 0.5) is 5.69 Å². The van der Waals surface area contributed by atoms with Crippen LogP contribution in [-0.2, 0) is 0 Å². The molecule has 29 heavy (non-hydrogen) atoms. The number of piperazine rings is 1. The minimum atomic E-state index is -0.162. The Morgan fingerprint density at radius 1 is 1.24 bits per heavy atom. The van der Waals surface area contributed by atoms with Crippen molar-refractivity contribution in [1.82, 2.24) is 15.4 Å². The van der Waals surface area contributed by atoms with Gasteiger partial charge in [-0.2, -0.15) is 0 Å². The second kappa shape index (κ2) is 8.94. The third-order valence-corrected chi connectivity index (χ3v) is 6.73. The van der Waals surface area contributed by atoms with Crippen molar-refractivity contribution in [2.24, 2.45) is 5.92 Å². The number of aryl methyl sites for hydroxylation is 1. The van der Waals surface area contributed by atoms with E-state index in [1.807, 2.05) is 25.1 Å². The minimum Gasteiger partial charge on any atom is -0.368 e. The van der Waals surface area contributed by atoms with E-state index in [-0.39, 0.29) is 11.9 Å². The van der Waals surface area contributed by atoms with Gasteiger partial charge in [0.2, 0.25) is 5.76 Å². The van der Waals surface area contributed by atoms with Crippen molar-refractivity contribution in [3.05, 3.63) is 45.8 Å². The summed E-state index contributed by atoms with van der Waals surface area (Å²) in [6.07, 6.45) is 3.25. The molecule has 1 amide bonds. The fourth-order valence-electron chi connectivity index (χ4n) is 4.13. The fraction of sp³-hybridized carbons (Fsp3) is 0.524. The molecule has 2 fully saturated rings. The zero-order valence-electron chi connectivity index (χ0n) is 16.5. The zero-order chi connectivity index (χ0) is 20.4. The van der Waals surface area contributed by atoms with Crippen LogP contribution in [-0.4, -0.2) is 54.7 Å². The van der Waals surface area contributed by atoms with Gasteiger partial charge in [-0.05, 0) is 50.8 Å². The van der Waals surface area contributed by atoms with Crippen molar-refractivity contribution in [3.8, 4) is 0 Å². The van der Waals surface area contributed by atoms with Gasteiger partial charge in [0.1, 0.15) is 0 Å². The van der Waals surface area contributed by atoms with E-state index in [1.165, 1.54) is 6.42 Å². The van der Waals surface area contributed by atoms with Gasteiger partial charge in [-0.3, -0.25) is 9.69 Å². The molecule has 4 rings (SSSR count). The van der Waals surface area contributed by atoms with Crippen molar-refractivity contribution >= 4 is 34.8 Å². The molecule has 1 aliphatic carbocycles. The molecule has 6 nitrogen and oxygen atoms in total. The first-order valence-corrected chi connectivity index (χ1v) is 10.9. The van der Waals surface area contributed by atoms with Gasteiger partial charge in [-0.25, -0.2) is 0 Å². The maximum Gasteiger partial charge on any atom is 0.290 e. The second-order valence-corrected chi connectivity index (χ2v) is 8.82. The number of hydrogen-bond acceptors (Lipinski definition) is 5. The van der Waals surface area contributed by atoms with E-state index in [1.54, 1.807) is 6.07 Å². The highest BCUT2D eigenvalue weighted by molar-refractivity contribution is 6.43. The Kier molecular flexibility index (Phi) is 6.32. The third kappa shape index (κ3) is 4.87. The average Bonchev–Trinajstić information content (AvgIpc) is 3.12. The van der Waals surface area contributed by atoms with Crippen molar-refractivity contribution < 1.29 is 9.32 Å². The van der Waals surface area contributed by atoms with Crippen LogP contribution >= 0.6 is 23.2 Å². The van der Waals surface area contributed by atoms with Crippen molar-refractivity contribution in [1.29, 1.82) is 0 Å². The molecule has 2 aliphatic rings. The van der Waals surface area contributed by atoms with Crippen molar-refractivity contribution in [2.75, 3.05) is 37.6 Å². The first-order chi connectivity index (χ1) is 14.0. The Bertz CT molecular complexity index is 858. The number of amides is 1. The second-order valence-electron chi connectivity index (χ2n) is 8.03. The Labute approximate surface area is 181 Å². The van der Waals surface area contributed by atoms with E-state index in [0.29, 0.717) is 21.7 Å². The van der Waals surface area contributed by atoms with E-state index in [9.17, 15) is 4.79 Å². The van der Waals surface area contributed by atoms with E-state index in [0.717, 1.165) is 56.9 Å². The topological polar surface area (TPSA) is 61.6 Å². The van der Waals surface area contributed by atoms with Crippen molar-refractivity contribution in [2.45, 2.75) is 32.2 Å². The summed E-state index contributed by atoms with van der Waals surface area (Å²) in [4.78, 5) is 16.9. The molecule has 2 aromatic rings. The number of carbonyl (C=O) groups is 1. The number of carbonyl (C=O) groups excluding carboxylic acids is 1. The van der Waals surface area contributed by atoms with Crippen LogP contribution in [0.3, 0.4) is 0 Å². The highest BCUT2D eigenvalue weighted by atomic mass is 35.5. The van der Waals surface area contributed by atoms with Crippen molar-refractivity contribution in [3.63, 3.8) is 0 Å². The molecule has 1 N–H and O–H groups in total. The maximum absolute atomic E-state index is 12.1. The Morgan fingerprint density at radius 3 is 2.69 bits per heavy atom. The lowest BCUT2D eigenvalue weighted by molar-refractivity contribution is 0.0840. The number of aromatic nitrogens is 1. The third-order valence-electron chi connectivity index (χ3n) is 5.92. The first-order valence-electron chi connectivity index (χ1n) is 10.1. The van der Waals surface area contributed by atoms with Gasteiger partial charge in [-0.15, -0.1) is 0 Å². The molecular formula is C21H26Cl2N4O2. The fourth-order valence-corrected chi connectivity index (χ4v) is 4.55. The SMILES string of the molecule is Cc1cc(C(=O)N[C@H]2C[C@H](CCN3CCN(c4cccc(Cl)c4Cl)CC3)C2)on1. The molecule has 2 heterocycles. The van der Waals surface area contributed by atoms with E-state index in [2.05, 4.69) is 20.3 Å². The highest BCUT2D eigenvalue weighted by Gasteiger charge is 2.31. The van der Waals surface area contributed by atoms with Crippen LogP contribution in [0, 0.1) is 12.8 Å². The number of nitrogens with one attached hydrogen (secondary N) is 1. The smallest absolute Gasteiger partial charge is 0.290 e. The molecule has 1 aromatic carbocycles. The van der Waals surface area contributed by atoms with Gasteiger partial charge < -0.3 is 14.7 Å². The Balaban J connectivity index is 1.15. The number of halogens is 2. The largest absolute Gasteiger partial charge is 0.368 e. The molecule has 0 unspecified atom stereocenters. The molecule has 156 valence electrons. The summed E-state index contributed by atoms with van der Waals surface area (Å²) in [6, 6.07) is 7.73. The van der Waals surface area contributed by atoms with Crippen LogP contribution in [0.1, 0.15) is 35.5 Å². The summed E-state index contributed by atoms with van der Waals surface area (Å²) in [7, 11) is 0.